The largest absolute Gasteiger partial charge is 0.392 e. The number of amides is 4. The lowest BCUT2D eigenvalue weighted by molar-refractivity contribution is -0.148. The lowest BCUT2D eigenvalue weighted by Gasteiger charge is -2.41. The zero-order valence-electron chi connectivity index (χ0n) is 52.6. The molecule has 0 saturated carbocycles. The predicted octanol–water partition coefficient (Wildman–Crippen LogP) is 13.2. The Labute approximate surface area is 538 Å². The number of aliphatic hydroxyl groups excluding tert-OH is 2. The Kier molecular flexibility index (Phi) is 22.2. The number of ketones is 2. The number of aryl methyl sites for hydroxylation is 2. The fourth-order valence-corrected chi connectivity index (χ4v) is 15.7. The van der Waals surface area contributed by atoms with E-state index in [-0.39, 0.29) is 66.2 Å². The molecule has 2 aromatic heterocycles. The first-order valence-electron chi connectivity index (χ1n) is 32.3. The zero-order valence-corrected chi connectivity index (χ0v) is 54.2. The predicted molar refractivity (Wildman–Crippen MR) is 353 cm³/mol. The Morgan fingerprint density at radius 1 is 0.533 bits per heavy atom. The number of hydrogen-bond acceptors (Lipinski definition) is 12. The lowest BCUT2D eigenvalue weighted by Crippen LogP contribution is -2.51. The highest BCUT2D eigenvalue weighted by atomic mass is 32.1. The summed E-state index contributed by atoms with van der Waals surface area (Å²) in [6.45, 7) is 13.4. The van der Waals surface area contributed by atoms with Gasteiger partial charge in [0.25, 0.3) is 11.8 Å². The topological polar surface area (TPSA) is 182 Å². The summed E-state index contributed by atoms with van der Waals surface area (Å²) < 4.78 is 0. The summed E-state index contributed by atoms with van der Waals surface area (Å²) in [5.41, 5.74) is 6.84. The van der Waals surface area contributed by atoms with Crippen LogP contribution in [0.1, 0.15) is 177 Å². The number of piperidine rings is 2. The Balaban J connectivity index is 0.000000199. The zero-order chi connectivity index (χ0) is 63.4. The van der Waals surface area contributed by atoms with Crippen LogP contribution in [0.2, 0.25) is 0 Å². The van der Waals surface area contributed by atoms with E-state index in [1.54, 1.807) is 71.2 Å². The first-order chi connectivity index (χ1) is 43.5. The first kappa shape index (κ1) is 65.5. The second kappa shape index (κ2) is 30.5. The van der Waals surface area contributed by atoms with Crippen molar-refractivity contribution in [2.45, 2.75) is 149 Å². The molecule has 0 spiro atoms. The molecular weight excluding hydrogens is 1160 g/mol. The minimum Gasteiger partial charge on any atom is -0.392 e. The van der Waals surface area contributed by atoms with E-state index in [2.05, 4.69) is 30.7 Å². The number of carbonyl (C=O) groups is 6. The Bertz CT molecular complexity index is 3580. The number of Topliss-reactive ketones (excluding diaryl/α,β-unsaturated/α-hetero) is 2. The average molecular weight is 1250 g/mol. The van der Waals surface area contributed by atoms with Crippen LogP contribution in [-0.4, -0.2) is 119 Å². The molecule has 16 heteroatoms. The fraction of sp³-hybridized carbons (Fsp3) is 0.432. The van der Waals surface area contributed by atoms with Gasteiger partial charge in [-0.15, -0.1) is 22.7 Å². The summed E-state index contributed by atoms with van der Waals surface area (Å²) in [5, 5.41) is 29.5. The van der Waals surface area contributed by atoms with Crippen molar-refractivity contribution in [3.05, 3.63) is 211 Å². The number of nitrogens with zero attached hydrogens (tertiary/aromatic N) is 6. The van der Waals surface area contributed by atoms with Gasteiger partial charge >= 0.3 is 0 Å². The molecule has 0 aliphatic carbocycles. The number of likely N-dealkylation sites (tertiary alicyclic amines) is 4. The molecule has 90 heavy (non-hydrogen) atoms. The van der Waals surface area contributed by atoms with Gasteiger partial charge in [0.2, 0.25) is 11.8 Å². The van der Waals surface area contributed by atoms with Crippen molar-refractivity contribution in [2.24, 2.45) is 29.6 Å². The number of hydrogen-bond donors (Lipinski definition) is 2. The van der Waals surface area contributed by atoms with E-state index in [1.807, 2.05) is 135 Å². The van der Waals surface area contributed by atoms with Gasteiger partial charge in [-0.25, -0.2) is 9.97 Å². The van der Waals surface area contributed by atoms with Crippen LogP contribution >= 0.6 is 22.7 Å². The van der Waals surface area contributed by atoms with Gasteiger partial charge in [0.15, 0.2) is 11.6 Å². The van der Waals surface area contributed by atoms with Gasteiger partial charge in [0, 0.05) is 96.0 Å². The number of thiazole rings is 2. The monoisotopic (exact) mass is 1250 g/mol. The van der Waals surface area contributed by atoms with Crippen LogP contribution < -0.4 is 0 Å². The maximum atomic E-state index is 13.9. The van der Waals surface area contributed by atoms with Crippen molar-refractivity contribution in [1.29, 1.82) is 0 Å². The van der Waals surface area contributed by atoms with Crippen LogP contribution in [0.3, 0.4) is 0 Å². The Hall–Kier alpha value is -7.50. The summed E-state index contributed by atoms with van der Waals surface area (Å²) in [6, 6.07) is 43.5. The summed E-state index contributed by atoms with van der Waals surface area (Å²) >= 11 is 3.17. The van der Waals surface area contributed by atoms with Crippen molar-refractivity contribution in [3.8, 4) is 0 Å². The van der Waals surface area contributed by atoms with Gasteiger partial charge in [-0.2, -0.15) is 0 Å². The van der Waals surface area contributed by atoms with Crippen LogP contribution in [0, 0.1) is 43.4 Å². The number of aliphatic hydroxyl groups is 2. The van der Waals surface area contributed by atoms with Crippen LogP contribution in [0.4, 0.5) is 0 Å². The van der Waals surface area contributed by atoms with Crippen molar-refractivity contribution >= 4 is 57.9 Å². The minimum absolute atomic E-state index is 0.0128. The third-order valence-electron chi connectivity index (χ3n) is 18.5. The van der Waals surface area contributed by atoms with E-state index in [0.717, 1.165) is 76.6 Å². The molecule has 4 aliphatic rings. The van der Waals surface area contributed by atoms with Crippen molar-refractivity contribution < 1.29 is 39.0 Å². The highest BCUT2D eigenvalue weighted by Crippen LogP contribution is 2.38. The van der Waals surface area contributed by atoms with E-state index in [4.69, 9.17) is 0 Å². The van der Waals surface area contributed by atoms with Gasteiger partial charge in [0.1, 0.15) is 10.0 Å². The molecule has 7 aromatic rings. The number of benzene rings is 5. The number of aromatic nitrogens is 2. The second-order valence-corrected chi connectivity index (χ2v) is 27.5. The van der Waals surface area contributed by atoms with Crippen LogP contribution in [-0.2, 0) is 29.0 Å². The summed E-state index contributed by atoms with van der Waals surface area (Å²) in [6.07, 6.45) is 5.58. The highest BCUT2D eigenvalue weighted by Gasteiger charge is 2.42. The van der Waals surface area contributed by atoms with E-state index in [0.29, 0.717) is 86.6 Å². The van der Waals surface area contributed by atoms with Crippen LogP contribution in [0.15, 0.2) is 150 Å². The van der Waals surface area contributed by atoms with Gasteiger partial charge in [0.05, 0.1) is 36.1 Å². The second-order valence-electron chi connectivity index (χ2n) is 25.7. The normalized spacial score (nSPS) is 20.8. The molecule has 4 saturated heterocycles. The Morgan fingerprint density at radius 3 is 1.41 bits per heavy atom. The lowest BCUT2D eigenvalue weighted by atomic mass is 9.78. The molecule has 14 nitrogen and oxygen atoms in total. The standard InChI is InChI=1S/C39H43N3O4S.C35H43N3O4S/c1-26-25-47-37(40-26)34-17-10-20-41(34)38(45)31-16-9-15-30(22-31)35(43)23-32(21-28-11-5-3-6-12-28)36(44)33-19-18-27(2)42(39(33)46)24-29-13-7-4-8-14-29;1-23(2)21-37-16-8-14-29(35(37)42)32(40)28(18-25-10-5-4-6-11-25)20-31(39)26-12-7-13-27(19-26)34(41)38-17-9-15-30(38)33-36-24(3)22-43-33/h3-9,11-16,22,25,27,32-34,36,44H,10,17-21,23-24H2,1-2H3;4-7,10-13,19,22-23,28-30,32,40H,8-9,14-18,20-21H2,1-3H3/t27?,32-,33+,34?,36+;28-,29+,30?,32+/m11/s1. The molecule has 9 atom stereocenters. The SMILES string of the molecule is Cc1csc(C2CCCN2C(=O)c2cccc(C(=O)C[C@@H](Cc3ccccc3)[C@H](O)[C@@H]3CCC(C)N(Cc4ccccc4)C3=O)c2)n1.Cc1csc(C2CCCN2C(=O)c2cccc(C(=O)C[C@@H](Cc3ccccc3)[C@H](O)[C@@H]3CCCN(CC(C)C)C3=O)c2)n1. The molecule has 0 bridgehead atoms. The smallest absolute Gasteiger partial charge is 0.254 e. The van der Waals surface area contributed by atoms with Gasteiger partial charge in [-0.05, 0) is 144 Å². The molecule has 4 aliphatic heterocycles. The first-order valence-corrected chi connectivity index (χ1v) is 34.0. The fourth-order valence-electron chi connectivity index (χ4n) is 13.8. The van der Waals surface area contributed by atoms with E-state index >= 15 is 0 Å². The highest BCUT2D eigenvalue weighted by molar-refractivity contribution is 7.10. The van der Waals surface area contributed by atoms with Crippen LogP contribution in [0.5, 0.6) is 0 Å². The molecule has 5 aromatic carbocycles. The molecule has 472 valence electrons. The van der Waals surface area contributed by atoms with Gasteiger partial charge in [-0.1, -0.05) is 129 Å². The quantitative estimate of drug-likeness (QED) is 0.0620. The van der Waals surface area contributed by atoms with Crippen molar-refractivity contribution in [3.63, 3.8) is 0 Å². The summed E-state index contributed by atoms with van der Waals surface area (Å²) in [5.74, 6) is -2.22. The molecule has 2 N–H and O–H groups in total. The molecule has 0 radical (unpaired) electrons. The number of carbonyl (C=O) groups excluding carboxylic acids is 6. The van der Waals surface area contributed by atoms with E-state index in [1.165, 1.54) is 0 Å². The molecule has 11 rings (SSSR count). The summed E-state index contributed by atoms with van der Waals surface area (Å²) in [4.78, 5) is 99.2. The van der Waals surface area contributed by atoms with Crippen molar-refractivity contribution in [2.75, 3.05) is 26.2 Å². The maximum absolute atomic E-state index is 13.9. The summed E-state index contributed by atoms with van der Waals surface area (Å²) in [7, 11) is 0. The minimum atomic E-state index is -0.991. The molecular formula is C74H86N6O8S2. The maximum Gasteiger partial charge on any atom is 0.254 e. The molecule has 4 amide bonds. The van der Waals surface area contributed by atoms with Crippen molar-refractivity contribution in [1.82, 2.24) is 29.6 Å². The molecule has 6 heterocycles. The van der Waals surface area contributed by atoms with Gasteiger partial charge in [-0.3, -0.25) is 28.8 Å². The number of rotatable bonds is 22. The third kappa shape index (κ3) is 16.1. The molecule has 3 unspecified atom stereocenters. The molecule has 4 fully saturated rings. The van der Waals surface area contributed by atoms with Gasteiger partial charge < -0.3 is 29.8 Å². The third-order valence-corrected chi connectivity index (χ3v) is 20.6. The van der Waals surface area contributed by atoms with Crippen LogP contribution in [0.25, 0.3) is 0 Å². The van der Waals surface area contributed by atoms with E-state index < -0.39 is 35.9 Å². The van der Waals surface area contributed by atoms with E-state index in [9.17, 15) is 39.0 Å². The average Bonchev–Trinajstić information content (AvgIpc) is 3.20. The Morgan fingerprint density at radius 2 is 0.967 bits per heavy atom.